The fraction of sp³-hybridized carbons (Fsp3) is 0.300. The molecule has 1 saturated heterocycles. The molecule has 0 aliphatic carbocycles. The van der Waals surface area contributed by atoms with Crippen LogP contribution in [0.4, 0.5) is 0 Å². The second-order valence-electron chi connectivity index (χ2n) is 6.83. The maximum atomic E-state index is 11.3. The lowest BCUT2D eigenvalue weighted by Crippen LogP contribution is -2.86. The zero-order valence-corrected chi connectivity index (χ0v) is 14.6. The molecule has 1 aliphatic heterocycles. The number of aromatic amines is 1. The number of amides is 1. The van der Waals surface area contributed by atoms with E-state index in [1.807, 2.05) is 24.3 Å². The Labute approximate surface area is 151 Å². The average Bonchev–Trinajstić information content (AvgIpc) is 3.11. The van der Waals surface area contributed by atoms with Gasteiger partial charge in [0.2, 0.25) is 5.91 Å². The minimum atomic E-state index is -0.444. The second-order valence-corrected chi connectivity index (χ2v) is 6.83. The maximum Gasteiger partial charge on any atom is 0.248 e. The molecule has 1 aliphatic rings. The van der Waals surface area contributed by atoms with Crippen molar-refractivity contribution in [3.8, 4) is 17.1 Å². The summed E-state index contributed by atoms with van der Waals surface area (Å²) in [4.78, 5) is 19.1. The summed E-state index contributed by atoms with van der Waals surface area (Å²) < 4.78 is 5.94. The lowest BCUT2D eigenvalue weighted by Gasteiger charge is -2.20. The predicted molar refractivity (Wildman–Crippen MR) is 99.9 cm³/mol. The molecule has 2 heterocycles. The number of quaternary nitrogens is 1. The van der Waals surface area contributed by atoms with Crippen LogP contribution in [-0.4, -0.2) is 35.6 Å². The summed E-state index contributed by atoms with van der Waals surface area (Å²) in [6.07, 6.45) is 2.45. The third kappa shape index (κ3) is 3.55. The first-order valence-electron chi connectivity index (χ1n) is 9.03. The molecule has 5 N–H and O–H groups in total. The Bertz CT molecular complexity index is 911. The Morgan fingerprint density at radius 2 is 1.96 bits per heavy atom. The summed E-state index contributed by atoms with van der Waals surface area (Å²) in [7, 11) is 0. The first-order valence-corrected chi connectivity index (χ1v) is 9.03. The van der Waals surface area contributed by atoms with Crippen molar-refractivity contribution in [3.63, 3.8) is 0 Å². The second kappa shape index (κ2) is 7.17. The number of benzene rings is 2. The molecule has 6 heteroatoms. The first-order chi connectivity index (χ1) is 12.7. The van der Waals surface area contributed by atoms with Gasteiger partial charge in [-0.1, -0.05) is 0 Å². The van der Waals surface area contributed by atoms with E-state index in [0.717, 1.165) is 34.8 Å². The number of fused-ring (bicyclic) bond motifs is 1. The number of imidazole rings is 1. The minimum Gasteiger partial charge on any atom is -0.493 e. The van der Waals surface area contributed by atoms with Crippen LogP contribution < -0.4 is 15.8 Å². The molecule has 26 heavy (non-hydrogen) atoms. The van der Waals surface area contributed by atoms with Gasteiger partial charge in [-0.25, -0.2) is 4.98 Å². The van der Waals surface area contributed by atoms with Crippen LogP contribution in [0.5, 0.6) is 5.75 Å². The quantitative estimate of drug-likeness (QED) is 0.652. The number of primary amides is 1. The van der Waals surface area contributed by atoms with Crippen LogP contribution in [-0.2, 0) is 0 Å². The van der Waals surface area contributed by atoms with Crippen LogP contribution in [0.1, 0.15) is 23.2 Å². The van der Waals surface area contributed by atoms with E-state index in [1.165, 1.54) is 25.9 Å². The van der Waals surface area contributed by atoms with Crippen LogP contribution in [0, 0.1) is 5.92 Å². The lowest BCUT2D eigenvalue weighted by molar-refractivity contribution is -0.664. The molecule has 0 radical (unpaired) electrons. The number of carbonyl (C=O) groups is 1. The van der Waals surface area contributed by atoms with Crippen molar-refractivity contribution in [1.29, 1.82) is 0 Å². The fourth-order valence-electron chi connectivity index (χ4n) is 3.39. The zero-order valence-electron chi connectivity index (χ0n) is 14.6. The number of H-pyrrole nitrogens is 1. The zero-order chi connectivity index (χ0) is 17.9. The molecule has 0 bridgehead atoms. The lowest BCUT2D eigenvalue weighted by atomic mass is 9.99. The first kappa shape index (κ1) is 16.6. The SMILES string of the molecule is NC(=O)c1ccc2nc(-c3ccc(OCC4CC[NH2+]CC4)cc3)[nH]c2c1. The highest BCUT2D eigenvalue weighted by molar-refractivity contribution is 5.96. The molecule has 1 fully saturated rings. The van der Waals surface area contributed by atoms with Gasteiger partial charge >= 0.3 is 0 Å². The Morgan fingerprint density at radius 3 is 2.69 bits per heavy atom. The third-order valence-corrected chi connectivity index (χ3v) is 4.94. The predicted octanol–water partition coefficient (Wildman–Crippen LogP) is 1.68. The van der Waals surface area contributed by atoms with Crippen molar-refractivity contribution in [3.05, 3.63) is 48.0 Å². The fourth-order valence-corrected chi connectivity index (χ4v) is 3.39. The van der Waals surface area contributed by atoms with E-state index in [0.29, 0.717) is 11.5 Å². The molecule has 6 nitrogen and oxygen atoms in total. The molecular formula is C20H23N4O2+. The molecule has 0 atom stereocenters. The maximum absolute atomic E-state index is 11.3. The van der Waals surface area contributed by atoms with Gasteiger partial charge in [0.1, 0.15) is 11.6 Å². The van der Waals surface area contributed by atoms with E-state index in [-0.39, 0.29) is 0 Å². The van der Waals surface area contributed by atoms with E-state index in [2.05, 4.69) is 15.3 Å². The van der Waals surface area contributed by atoms with Gasteiger partial charge in [0.15, 0.2) is 0 Å². The molecule has 134 valence electrons. The summed E-state index contributed by atoms with van der Waals surface area (Å²) in [6.45, 7) is 3.20. The van der Waals surface area contributed by atoms with Gasteiger partial charge in [-0.05, 0) is 42.5 Å². The number of hydrogen-bond acceptors (Lipinski definition) is 3. The number of hydrogen-bond donors (Lipinski definition) is 3. The molecule has 3 aromatic rings. The van der Waals surface area contributed by atoms with Gasteiger partial charge in [0.25, 0.3) is 0 Å². The highest BCUT2D eigenvalue weighted by Crippen LogP contribution is 2.24. The van der Waals surface area contributed by atoms with Gasteiger partial charge in [-0.3, -0.25) is 4.79 Å². The Morgan fingerprint density at radius 1 is 1.19 bits per heavy atom. The topological polar surface area (TPSA) is 97.6 Å². The van der Waals surface area contributed by atoms with E-state index in [4.69, 9.17) is 10.5 Å². The van der Waals surface area contributed by atoms with Crippen LogP contribution in [0.2, 0.25) is 0 Å². The molecule has 0 unspecified atom stereocenters. The molecule has 2 aromatic carbocycles. The van der Waals surface area contributed by atoms with Crippen molar-refractivity contribution < 1.29 is 14.8 Å². The number of aromatic nitrogens is 2. The normalized spacial score (nSPS) is 15.2. The van der Waals surface area contributed by atoms with E-state index in [9.17, 15) is 4.79 Å². The average molecular weight is 351 g/mol. The van der Waals surface area contributed by atoms with Crippen LogP contribution in [0.15, 0.2) is 42.5 Å². The van der Waals surface area contributed by atoms with Crippen LogP contribution in [0.3, 0.4) is 0 Å². The minimum absolute atomic E-state index is 0.444. The van der Waals surface area contributed by atoms with Crippen molar-refractivity contribution in [2.45, 2.75) is 12.8 Å². The Balaban J connectivity index is 1.47. The van der Waals surface area contributed by atoms with Gasteiger partial charge in [-0.15, -0.1) is 0 Å². The smallest absolute Gasteiger partial charge is 0.248 e. The number of nitrogens with one attached hydrogen (secondary N) is 1. The van der Waals surface area contributed by atoms with Crippen LogP contribution in [0.25, 0.3) is 22.4 Å². The van der Waals surface area contributed by atoms with E-state index < -0.39 is 5.91 Å². The molecule has 4 rings (SSSR count). The molecule has 0 spiro atoms. The summed E-state index contributed by atoms with van der Waals surface area (Å²) >= 11 is 0. The number of ether oxygens (including phenoxy) is 1. The highest BCUT2D eigenvalue weighted by atomic mass is 16.5. The van der Waals surface area contributed by atoms with Crippen molar-refractivity contribution in [1.82, 2.24) is 9.97 Å². The highest BCUT2D eigenvalue weighted by Gasteiger charge is 2.16. The van der Waals surface area contributed by atoms with Crippen molar-refractivity contribution in [2.24, 2.45) is 11.7 Å². The van der Waals surface area contributed by atoms with Gasteiger partial charge < -0.3 is 20.8 Å². The van der Waals surface area contributed by atoms with E-state index >= 15 is 0 Å². The summed E-state index contributed by atoms with van der Waals surface area (Å²) in [6, 6.07) is 13.2. The third-order valence-electron chi connectivity index (χ3n) is 4.94. The molecule has 1 aromatic heterocycles. The summed E-state index contributed by atoms with van der Waals surface area (Å²) in [5, 5.41) is 2.37. The number of carbonyl (C=O) groups excluding carboxylic acids is 1. The van der Waals surface area contributed by atoms with Crippen molar-refractivity contribution in [2.75, 3.05) is 19.7 Å². The summed E-state index contributed by atoms with van der Waals surface area (Å²) in [5.74, 6) is 1.86. The Hall–Kier alpha value is -2.86. The number of piperidine rings is 1. The van der Waals surface area contributed by atoms with Crippen molar-refractivity contribution >= 4 is 16.9 Å². The molecule has 0 saturated carbocycles. The van der Waals surface area contributed by atoms with Crippen LogP contribution >= 0.6 is 0 Å². The molecule has 1 amide bonds. The number of rotatable bonds is 5. The van der Waals surface area contributed by atoms with E-state index in [1.54, 1.807) is 18.2 Å². The Kier molecular flexibility index (Phi) is 4.58. The largest absolute Gasteiger partial charge is 0.493 e. The van der Waals surface area contributed by atoms with Gasteiger partial charge in [-0.2, -0.15) is 0 Å². The monoisotopic (exact) mass is 351 g/mol. The van der Waals surface area contributed by atoms with Gasteiger partial charge in [0.05, 0.1) is 30.7 Å². The molecular weight excluding hydrogens is 328 g/mol. The standard InChI is InChI=1S/C20H22N4O2/c21-19(25)15-3-6-17-18(11-15)24-20(23-17)14-1-4-16(5-2-14)26-12-13-7-9-22-10-8-13/h1-6,11,13,22H,7-10,12H2,(H2,21,25)(H,23,24)/p+1. The number of nitrogens with two attached hydrogens (primary N) is 2. The number of nitrogens with zero attached hydrogens (tertiary/aromatic N) is 1. The summed E-state index contributed by atoms with van der Waals surface area (Å²) in [5.41, 5.74) is 8.38. The van der Waals surface area contributed by atoms with Gasteiger partial charge in [0, 0.05) is 29.9 Å².